The quantitative estimate of drug-likeness (QED) is 0.696. The molecule has 2 saturated heterocycles. The Labute approximate surface area is 177 Å². The van der Waals surface area contributed by atoms with E-state index in [-0.39, 0.29) is 24.9 Å². The van der Waals surface area contributed by atoms with E-state index in [0.29, 0.717) is 37.6 Å². The molecule has 2 aliphatic heterocycles. The molecule has 2 heterocycles. The largest absolute Gasteiger partial charge is 0.442 e. The third-order valence-corrected chi connectivity index (χ3v) is 5.19. The second kappa shape index (κ2) is 9.04. The Balaban J connectivity index is 1.63. The first-order valence-electron chi connectivity index (χ1n) is 9.10. The van der Waals surface area contributed by atoms with Gasteiger partial charge in [0.1, 0.15) is 11.9 Å². The van der Waals surface area contributed by atoms with E-state index in [1.165, 1.54) is 17.9 Å². The summed E-state index contributed by atoms with van der Waals surface area (Å²) < 4.78 is 19.9. The minimum atomic E-state index is -1.10. The van der Waals surface area contributed by atoms with Crippen LogP contribution in [-0.4, -0.2) is 73.0 Å². The summed E-state index contributed by atoms with van der Waals surface area (Å²) in [6.07, 6.45) is -1.08. The van der Waals surface area contributed by atoms with Gasteiger partial charge in [-0.3, -0.25) is 14.5 Å². The molecule has 0 aromatic heterocycles. The summed E-state index contributed by atoms with van der Waals surface area (Å²) in [5.41, 5.74) is 0.763. The SMILES string of the molecule is CC(=O)NC[C@H]1CN(c2ccc(N3CCN(C(=O)C(Cl)Cl)CC3)c(F)c2)C(=O)O1. The average molecular weight is 447 g/mol. The van der Waals surface area contributed by atoms with Crippen molar-refractivity contribution in [3.8, 4) is 0 Å². The molecule has 0 spiro atoms. The summed E-state index contributed by atoms with van der Waals surface area (Å²) >= 11 is 11.2. The minimum Gasteiger partial charge on any atom is -0.442 e. The average Bonchev–Trinajstić information content (AvgIpc) is 3.06. The molecule has 1 atom stereocenters. The van der Waals surface area contributed by atoms with Crippen LogP contribution in [0.5, 0.6) is 0 Å². The molecule has 0 aliphatic carbocycles. The van der Waals surface area contributed by atoms with Crippen LogP contribution in [0.1, 0.15) is 6.92 Å². The van der Waals surface area contributed by atoms with Crippen LogP contribution in [-0.2, 0) is 14.3 Å². The van der Waals surface area contributed by atoms with Crippen LogP contribution in [0.2, 0.25) is 0 Å². The van der Waals surface area contributed by atoms with Gasteiger partial charge in [0.2, 0.25) is 5.91 Å². The summed E-state index contributed by atoms with van der Waals surface area (Å²) in [6.45, 7) is 3.45. The molecule has 2 aliphatic rings. The zero-order valence-corrected chi connectivity index (χ0v) is 17.2. The van der Waals surface area contributed by atoms with Crippen LogP contribution in [0, 0.1) is 5.82 Å². The molecule has 0 bridgehead atoms. The number of cyclic esters (lactones) is 1. The molecule has 1 aromatic carbocycles. The minimum absolute atomic E-state index is 0.201. The molecule has 0 radical (unpaired) electrons. The summed E-state index contributed by atoms with van der Waals surface area (Å²) in [7, 11) is 0. The number of anilines is 2. The lowest BCUT2D eigenvalue weighted by atomic mass is 10.2. The number of nitrogens with zero attached hydrogens (tertiary/aromatic N) is 3. The van der Waals surface area contributed by atoms with Crippen molar-refractivity contribution >= 4 is 52.5 Å². The molecule has 3 amide bonds. The van der Waals surface area contributed by atoms with E-state index < -0.39 is 22.9 Å². The van der Waals surface area contributed by atoms with E-state index in [0.717, 1.165) is 0 Å². The first-order valence-corrected chi connectivity index (χ1v) is 9.97. The third kappa shape index (κ3) is 5.02. The van der Waals surface area contributed by atoms with E-state index in [2.05, 4.69) is 5.32 Å². The van der Waals surface area contributed by atoms with Gasteiger partial charge in [-0.1, -0.05) is 23.2 Å². The van der Waals surface area contributed by atoms with Crippen LogP contribution < -0.4 is 15.1 Å². The van der Waals surface area contributed by atoms with Crippen molar-refractivity contribution in [2.24, 2.45) is 0 Å². The van der Waals surface area contributed by atoms with E-state index in [1.807, 2.05) is 4.90 Å². The van der Waals surface area contributed by atoms with Gasteiger partial charge in [0.15, 0.2) is 4.84 Å². The van der Waals surface area contributed by atoms with Crippen molar-refractivity contribution in [1.29, 1.82) is 0 Å². The lowest BCUT2D eigenvalue weighted by molar-refractivity contribution is -0.129. The number of carbonyl (C=O) groups is 3. The molecular weight excluding hydrogens is 426 g/mol. The van der Waals surface area contributed by atoms with E-state index in [4.69, 9.17) is 27.9 Å². The van der Waals surface area contributed by atoms with Crippen LogP contribution in [0.25, 0.3) is 0 Å². The topological polar surface area (TPSA) is 82.2 Å². The Hall–Kier alpha value is -2.26. The van der Waals surface area contributed by atoms with E-state index >= 15 is 0 Å². The monoisotopic (exact) mass is 446 g/mol. The van der Waals surface area contributed by atoms with Gasteiger partial charge in [-0.25, -0.2) is 9.18 Å². The van der Waals surface area contributed by atoms with E-state index in [1.54, 1.807) is 17.0 Å². The summed E-state index contributed by atoms with van der Waals surface area (Å²) in [5.74, 6) is -1.05. The Bertz CT molecular complexity index is 802. The molecule has 158 valence electrons. The maximum atomic E-state index is 14.7. The van der Waals surface area contributed by atoms with Crippen molar-refractivity contribution in [3.63, 3.8) is 0 Å². The molecule has 1 N–H and O–H groups in total. The Morgan fingerprint density at radius 2 is 1.97 bits per heavy atom. The van der Waals surface area contributed by atoms with Crippen molar-refractivity contribution in [1.82, 2.24) is 10.2 Å². The van der Waals surface area contributed by atoms with Gasteiger partial charge in [0.05, 0.1) is 24.5 Å². The Morgan fingerprint density at radius 1 is 1.28 bits per heavy atom. The number of nitrogens with one attached hydrogen (secondary N) is 1. The molecule has 1 aromatic rings. The Morgan fingerprint density at radius 3 is 2.55 bits per heavy atom. The van der Waals surface area contributed by atoms with Crippen molar-refractivity contribution in [3.05, 3.63) is 24.0 Å². The van der Waals surface area contributed by atoms with Gasteiger partial charge >= 0.3 is 6.09 Å². The maximum absolute atomic E-state index is 14.7. The zero-order valence-electron chi connectivity index (χ0n) is 15.7. The predicted octanol–water partition coefficient (Wildman–Crippen LogP) is 1.74. The number of halogens is 3. The van der Waals surface area contributed by atoms with Gasteiger partial charge in [-0.2, -0.15) is 0 Å². The lowest BCUT2D eigenvalue weighted by Crippen LogP contribution is -2.50. The van der Waals surface area contributed by atoms with Crippen LogP contribution >= 0.6 is 23.2 Å². The molecular formula is C18H21Cl2FN4O4. The van der Waals surface area contributed by atoms with Gasteiger partial charge < -0.3 is 19.9 Å². The molecule has 3 rings (SSSR count). The smallest absolute Gasteiger partial charge is 0.414 e. The van der Waals surface area contributed by atoms with Crippen molar-refractivity contribution in [2.45, 2.75) is 17.9 Å². The van der Waals surface area contributed by atoms with Crippen LogP contribution in [0.3, 0.4) is 0 Å². The van der Waals surface area contributed by atoms with Crippen molar-refractivity contribution in [2.75, 3.05) is 49.1 Å². The number of ether oxygens (including phenoxy) is 1. The number of hydrogen-bond donors (Lipinski definition) is 1. The summed E-state index contributed by atoms with van der Waals surface area (Å²) in [6, 6.07) is 4.52. The number of carbonyl (C=O) groups excluding carboxylic acids is 3. The molecule has 8 nitrogen and oxygen atoms in total. The molecule has 29 heavy (non-hydrogen) atoms. The summed E-state index contributed by atoms with van der Waals surface area (Å²) in [5, 5.41) is 2.59. The second-order valence-electron chi connectivity index (χ2n) is 6.80. The number of piperazine rings is 1. The number of alkyl halides is 2. The highest BCUT2D eigenvalue weighted by molar-refractivity contribution is 6.53. The highest BCUT2D eigenvalue weighted by Gasteiger charge is 2.33. The lowest BCUT2D eigenvalue weighted by Gasteiger charge is -2.36. The number of rotatable bonds is 5. The van der Waals surface area contributed by atoms with Gasteiger partial charge in [-0.05, 0) is 18.2 Å². The first-order chi connectivity index (χ1) is 13.8. The van der Waals surface area contributed by atoms with Crippen molar-refractivity contribution < 1.29 is 23.5 Å². The highest BCUT2D eigenvalue weighted by atomic mass is 35.5. The fourth-order valence-electron chi connectivity index (χ4n) is 3.32. The molecule has 0 unspecified atom stereocenters. The number of amides is 3. The molecule has 0 saturated carbocycles. The predicted molar refractivity (Wildman–Crippen MR) is 107 cm³/mol. The second-order valence-corrected chi connectivity index (χ2v) is 7.90. The zero-order chi connectivity index (χ0) is 21.1. The van der Waals surface area contributed by atoms with Crippen LogP contribution in [0.15, 0.2) is 18.2 Å². The maximum Gasteiger partial charge on any atom is 0.414 e. The van der Waals surface area contributed by atoms with Gasteiger partial charge in [0, 0.05) is 33.1 Å². The third-order valence-electron chi connectivity index (χ3n) is 4.81. The first kappa shape index (κ1) is 21.4. The molecule has 2 fully saturated rings. The standard InChI is InChI=1S/C18H21Cl2FN4O4/c1-11(26)22-9-13-10-25(18(28)29-13)12-2-3-15(14(21)8-12)23-4-6-24(7-5-23)17(27)16(19)20/h2-3,8,13,16H,4-7,9-10H2,1H3,(H,22,26)/t13-/m0/s1. The number of hydrogen-bond acceptors (Lipinski definition) is 5. The number of benzene rings is 1. The Kier molecular flexibility index (Phi) is 6.69. The van der Waals surface area contributed by atoms with Crippen LogP contribution in [0.4, 0.5) is 20.6 Å². The van der Waals surface area contributed by atoms with Gasteiger partial charge in [0.25, 0.3) is 5.91 Å². The van der Waals surface area contributed by atoms with Gasteiger partial charge in [-0.15, -0.1) is 0 Å². The normalized spacial score (nSPS) is 19.6. The fourth-order valence-corrected chi connectivity index (χ4v) is 3.60. The van der Waals surface area contributed by atoms with E-state index in [9.17, 15) is 18.8 Å². The molecule has 11 heteroatoms. The summed E-state index contributed by atoms with van der Waals surface area (Å²) in [4.78, 5) is 38.5. The fraction of sp³-hybridized carbons (Fsp3) is 0.500. The highest BCUT2D eigenvalue weighted by Crippen LogP contribution is 2.28.